The van der Waals surface area contributed by atoms with Crippen LogP contribution in [0.4, 0.5) is 5.69 Å². The first-order valence-electron chi connectivity index (χ1n) is 26.1. The number of aliphatic carboxylic acids is 4. The summed E-state index contributed by atoms with van der Waals surface area (Å²) in [5, 5.41) is 128. The summed E-state index contributed by atoms with van der Waals surface area (Å²) in [6.45, 7) is -4.62. The Hall–Kier alpha value is -8.16. The van der Waals surface area contributed by atoms with Gasteiger partial charge in [0.25, 0.3) is 0 Å². The lowest BCUT2D eigenvalue weighted by Crippen LogP contribution is -2.60. The molecule has 26 nitrogen and oxygen atoms in total. The molecule has 0 aliphatic carbocycles. The molecule has 0 amide bonds. The molecular weight excluding hydrogens is 1100 g/mol. The summed E-state index contributed by atoms with van der Waals surface area (Å²) in [7, 11) is 0. The molecule has 0 radical (unpaired) electrons. The van der Waals surface area contributed by atoms with Gasteiger partial charge in [-0.3, -0.25) is 24.7 Å². The summed E-state index contributed by atoms with van der Waals surface area (Å²) >= 11 is 0. The number of nitrogen functional groups attached to an aromatic ring is 1. The summed E-state index contributed by atoms with van der Waals surface area (Å²) in [6, 6.07) is 25.9. The van der Waals surface area contributed by atoms with Gasteiger partial charge in [0.05, 0.1) is 59.9 Å². The van der Waals surface area contributed by atoms with Crippen molar-refractivity contribution < 1.29 is 99.4 Å². The number of carboxylic acid groups (broad SMARTS) is 4. The summed E-state index contributed by atoms with van der Waals surface area (Å²) in [5.74, 6) is 6.33. The van der Waals surface area contributed by atoms with Gasteiger partial charge < -0.3 is 105 Å². The summed E-state index contributed by atoms with van der Waals surface area (Å²) in [5.41, 5.74) is 10.2. The Labute approximate surface area is 480 Å². The van der Waals surface area contributed by atoms with Gasteiger partial charge in [0.15, 0.2) is 0 Å². The van der Waals surface area contributed by atoms with E-state index in [9.17, 15) is 80.5 Å². The molecular formula is C58H60N6O20-4. The number of hydrogen-bond acceptors (Lipinski definition) is 26. The molecule has 10 N–H and O–H groups in total. The topological polar surface area (TPSA) is 421 Å². The van der Waals surface area contributed by atoms with Crippen molar-refractivity contribution in [3.8, 4) is 35.2 Å². The van der Waals surface area contributed by atoms with Crippen molar-refractivity contribution in [2.45, 2.75) is 94.0 Å². The molecule has 2 saturated heterocycles. The minimum atomic E-state index is -1.66. The van der Waals surface area contributed by atoms with Gasteiger partial charge in [-0.25, -0.2) is 0 Å². The number of ether oxygens (including phenoxy) is 4. The molecule has 0 saturated carbocycles. The van der Waals surface area contributed by atoms with Gasteiger partial charge in [0, 0.05) is 86.8 Å². The Morgan fingerprint density at radius 1 is 0.476 bits per heavy atom. The van der Waals surface area contributed by atoms with Crippen LogP contribution in [0, 0.1) is 23.7 Å². The van der Waals surface area contributed by atoms with E-state index in [4.69, 9.17) is 34.6 Å². The second-order valence-electron chi connectivity index (χ2n) is 19.8. The largest absolute Gasteiger partial charge is 0.549 e. The fourth-order valence-electron chi connectivity index (χ4n) is 9.06. The molecule has 2 aromatic heterocycles. The lowest BCUT2D eigenvalue weighted by molar-refractivity contribution is -0.313. The third-order valence-electron chi connectivity index (χ3n) is 13.1. The highest BCUT2D eigenvalue weighted by atomic mass is 16.7. The van der Waals surface area contributed by atoms with Crippen LogP contribution in [0.3, 0.4) is 0 Å². The number of nitrogens with zero attached hydrogens (tertiary/aromatic N) is 5. The van der Waals surface area contributed by atoms with Crippen molar-refractivity contribution in [1.29, 1.82) is 0 Å². The van der Waals surface area contributed by atoms with Gasteiger partial charge in [-0.05, 0) is 96.9 Å². The third kappa shape index (κ3) is 18.7. The smallest absolute Gasteiger partial charge is 0.229 e. The number of carbonyl (C=O) groups excluding carboxylic acids is 4. The lowest BCUT2D eigenvalue weighted by atomic mass is 9.99. The SMILES string of the molecule is Nc1ccc(CCN(Cc2cc(C#Cc3ccc(O[C@H]4OC(CO)[C@H](O)[C@@H](O)C4O)cc3)cc(CN(CC(=O)[O-])CC(=O)[O-])n2)Cc2cc(C#Cc3ccc(O[C@@H]4OC(CO)[C@@H](O)C(O)[C@H]4O)cc3)cc(CN(CC(=O)[O-])CC(=O)[O-])n2)cc1. The van der Waals surface area contributed by atoms with E-state index in [-0.39, 0.29) is 49.1 Å². The van der Waals surface area contributed by atoms with Gasteiger partial charge in [0.1, 0.15) is 60.3 Å². The monoisotopic (exact) mass is 1160 g/mol. The van der Waals surface area contributed by atoms with Crippen molar-refractivity contribution in [3.05, 3.63) is 148 Å². The van der Waals surface area contributed by atoms with E-state index in [0.717, 1.165) is 15.4 Å². The number of benzene rings is 3. The third-order valence-corrected chi connectivity index (χ3v) is 13.1. The normalized spacial score (nSPS) is 22.1. The number of aliphatic hydroxyl groups is 8. The Bertz CT molecular complexity index is 2960. The molecule has 7 rings (SSSR count). The lowest BCUT2D eigenvalue weighted by Gasteiger charge is -2.39. The van der Waals surface area contributed by atoms with E-state index in [0.29, 0.717) is 52.3 Å². The molecule has 26 heteroatoms. The van der Waals surface area contributed by atoms with Crippen molar-refractivity contribution in [1.82, 2.24) is 24.7 Å². The van der Waals surface area contributed by atoms with Crippen LogP contribution in [0.15, 0.2) is 97.1 Å². The average molecular weight is 1160 g/mol. The van der Waals surface area contributed by atoms with Crippen LogP contribution >= 0.6 is 0 Å². The maximum Gasteiger partial charge on any atom is 0.229 e. The van der Waals surface area contributed by atoms with Crippen LogP contribution in [-0.4, -0.2) is 197 Å². The van der Waals surface area contributed by atoms with Gasteiger partial charge in [-0.15, -0.1) is 0 Å². The molecule has 2 aliphatic heterocycles. The second-order valence-corrected chi connectivity index (χ2v) is 19.8. The molecule has 0 spiro atoms. The predicted octanol–water partition coefficient (Wildman–Crippen LogP) is -6.94. The zero-order valence-corrected chi connectivity index (χ0v) is 44.8. The first-order valence-corrected chi connectivity index (χ1v) is 26.1. The Morgan fingerprint density at radius 3 is 1.14 bits per heavy atom. The first kappa shape index (κ1) is 63.4. The molecule has 4 heterocycles. The molecule has 4 unspecified atom stereocenters. The Kier molecular flexibility index (Phi) is 22.6. The average Bonchev–Trinajstić information content (AvgIpc) is 3.32. The Morgan fingerprint density at radius 2 is 0.810 bits per heavy atom. The minimum absolute atomic E-state index is 0.0500. The minimum Gasteiger partial charge on any atom is -0.549 e. The number of nitrogens with two attached hydrogens (primary N) is 1. The van der Waals surface area contributed by atoms with Gasteiger partial charge >= 0.3 is 0 Å². The molecule has 446 valence electrons. The van der Waals surface area contributed by atoms with Crippen molar-refractivity contribution in [3.63, 3.8) is 0 Å². The van der Waals surface area contributed by atoms with E-state index >= 15 is 0 Å². The first-order chi connectivity index (χ1) is 40.1. The standard InChI is InChI=1S/C58H64N6O20/c59-38-11-5-35(6-12-38)17-18-62(23-39-19-36(21-41(60-39)25-63(27-47(67)68)28-48(69)70)3-1-33-7-13-43(14-8-33)81-57-55(79)53(77)51(75)45(31-65)83-57)24-40-20-37(22-42(61-40)26-64(29-49(71)72)30-50(73)74)4-2-34-9-15-44(16-10-34)82-58-56(80)54(78)52(76)46(32-66)84-58/h5-16,19-22,45-46,51-58,65-66,75-80H,17-18,23-32,59H2,(H,67,68)(H,69,70)(H,71,72)(H,73,74)/p-4/t45?,46?,51-,52+,53+,54?,55?,56+,57-,58+/m0/s1. The van der Waals surface area contributed by atoms with E-state index in [2.05, 4.69) is 23.7 Å². The van der Waals surface area contributed by atoms with Gasteiger partial charge in [0.2, 0.25) is 12.6 Å². The number of aliphatic hydroxyl groups excluding tert-OH is 8. The molecule has 0 bridgehead atoms. The van der Waals surface area contributed by atoms with Crippen LogP contribution in [0.1, 0.15) is 50.6 Å². The number of hydrogen-bond donors (Lipinski definition) is 9. The van der Waals surface area contributed by atoms with E-state index in [1.807, 2.05) is 17.0 Å². The van der Waals surface area contributed by atoms with Crippen LogP contribution < -0.4 is 35.6 Å². The van der Waals surface area contributed by atoms with Gasteiger partial charge in [-0.1, -0.05) is 35.8 Å². The number of aromatic nitrogens is 2. The van der Waals surface area contributed by atoms with Crippen molar-refractivity contribution in [2.75, 3.05) is 51.7 Å². The van der Waals surface area contributed by atoms with E-state index in [1.165, 1.54) is 24.3 Å². The quantitative estimate of drug-likeness (QED) is 0.0194. The van der Waals surface area contributed by atoms with Crippen molar-refractivity contribution in [2.24, 2.45) is 0 Å². The highest BCUT2D eigenvalue weighted by Gasteiger charge is 2.46. The number of rotatable bonds is 25. The fourth-order valence-corrected chi connectivity index (χ4v) is 9.06. The molecule has 3 aromatic carbocycles. The van der Waals surface area contributed by atoms with Crippen LogP contribution in [-0.2, 0) is 61.3 Å². The summed E-state index contributed by atoms with van der Waals surface area (Å²) < 4.78 is 22.3. The van der Waals surface area contributed by atoms with Crippen LogP contribution in [0.25, 0.3) is 0 Å². The highest BCUT2D eigenvalue weighted by molar-refractivity contribution is 5.71. The number of anilines is 1. The fraction of sp³-hybridized carbons (Fsp3) is 0.379. The predicted molar refractivity (Wildman–Crippen MR) is 281 cm³/mol. The number of carbonyl (C=O) groups is 4. The van der Waals surface area contributed by atoms with Gasteiger partial charge in [-0.2, -0.15) is 0 Å². The van der Waals surface area contributed by atoms with Crippen molar-refractivity contribution >= 4 is 29.6 Å². The maximum atomic E-state index is 11.7. The zero-order valence-electron chi connectivity index (χ0n) is 44.8. The molecule has 84 heavy (non-hydrogen) atoms. The summed E-state index contributed by atoms with van der Waals surface area (Å²) in [4.78, 5) is 60.7. The van der Waals surface area contributed by atoms with E-state index < -0.39 is 125 Å². The summed E-state index contributed by atoms with van der Waals surface area (Å²) in [6.07, 6.45) is -14.6. The van der Waals surface area contributed by atoms with E-state index in [1.54, 1.807) is 60.7 Å². The number of pyridine rings is 2. The highest BCUT2D eigenvalue weighted by Crippen LogP contribution is 2.27. The maximum absolute atomic E-state index is 11.7. The molecule has 2 fully saturated rings. The number of carboxylic acids is 4. The molecule has 5 aromatic rings. The zero-order chi connectivity index (χ0) is 60.6. The molecule has 10 atom stereocenters. The second kappa shape index (κ2) is 29.9. The molecule has 2 aliphatic rings. The Balaban J connectivity index is 1.21. The van der Waals surface area contributed by atoms with Crippen LogP contribution in [0.2, 0.25) is 0 Å². The van der Waals surface area contributed by atoms with Crippen LogP contribution in [0.5, 0.6) is 11.5 Å².